The lowest BCUT2D eigenvalue weighted by molar-refractivity contribution is 0.0500. The van der Waals surface area contributed by atoms with Crippen molar-refractivity contribution in [1.29, 1.82) is 0 Å². The molecule has 0 fully saturated rings. The third-order valence-corrected chi connectivity index (χ3v) is 5.79. The van der Waals surface area contributed by atoms with Crippen molar-refractivity contribution in [2.75, 3.05) is 18.5 Å². The Hall–Kier alpha value is -4.72. The molecule has 1 amide bonds. The van der Waals surface area contributed by atoms with Gasteiger partial charge in [0.25, 0.3) is 5.91 Å². The van der Waals surface area contributed by atoms with Crippen LogP contribution in [0.15, 0.2) is 89.1 Å². The summed E-state index contributed by atoms with van der Waals surface area (Å²) in [5, 5.41) is 23.8. The van der Waals surface area contributed by atoms with E-state index in [1.807, 2.05) is 32.0 Å². The number of hydrogen-bond acceptors (Lipinski definition) is 7. The summed E-state index contributed by atoms with van der Waals surface area (Å²) >= 11 is 0. The normalized spacial score (nSPS) is 11.0. The van der Waals surface area contributed by atoms with Gasteiger partial charge < -0.3 is 19.9 Å². The molecule has 0 bridgehead atoms. The molecular weight excluding hydrogens is 482 g/mol. The van der Waals surface area contributed by atoms with E-state index in [9.17, 15) is 14.7 Å². The maximum absolute atomic E-state index is 13.3. The van der Waals surface area contributed by atoms with E-state index in [2.05, 4.69) is 15.5 Å². The summed E-state index contributed by atoms with van der Waals surface area (Å²) in [6.07, 6.45) is 1.67. The Kier molecular flexibility index (Phi) is 8.66. The van der Waals surface area contributed by atoms with Crippen molar-refractivity contribution in [3.05, 3.63) is 90.0 Å². The Morgan fingerprint density at radius 3 is 2.45 bits per heavy atom. The number of aromatic hydroxyl groups is 1. The second kappa shape index (κ2) is 12.5. The fraction of sp³-hybridized carbons (Fsp3) is 0.200. The first-order valence-corrected chi connectivity index (χ1v) is 12.5. The Labute approximate surface area is 220 Å². The monoisotopic (exact) mass is 511 g/mol. The predicted molar refractivity (Wildman–Crippen MR) is 147 cm³/mol. The third kappa shape index (κ3) is 5.98. The summed E-state index contributed by atoms with van der Waals surface area (Å²) in [6, 6.07) is 22.6. The van der Waals surface area contributed by atoms with Crippen LogP contribution in [0.3, 0.4) is 0 Å². The van der Waals surface area contributed by atoms with Gasteiger partial charge in [0.1, 0.15) is 17.1 Å². The van der Waals surface area contributed by atoms with Crippen molar-refractivity contribution in [2.24, 2.45) is 10.2 Å². The van der Waals surface area contributed by atoms with Crippen LogP contribution >= 0.6 is 0 Å². The van der Waals surface area contributed by atoms with Crippen LogP contribution < -0.4 is 10.1 Å². The van der Waals surface area contributed by atoms with Crippen molar-refractivity contribution >= 4 is 39.7 Å². The van der Waals surface area contributed by atoms with E-state index >= 15 is 0 Å². The first-order chi connectivity index (χ1) is 18.5. The van der Waals surface area contributed by atoms with Crippen LogP contribution in [0.5, 0.6) is 11.5 Å². The lowest BCUT2D eigenvalue weighted by atomic mass is 10.0. The average Bonchev–Trinajstić information content (AvgIpc) is 2.93. The SMILES string of the molecule is CCCCOC(=O)c1ccccc1N=Nc1c(O)c(C(=O)Nc2ccccc2OCC)cc2ccccc12. The number of hydrogen-bond donors (Lipinski definition) is 2. The number of carbonyl (C=O) groups is 2. The topological polar surface area (TPSA) is 110 Å². The van der Waals surface area contributed by atoms with Crippen LogP contribution in [0.25, 0.3) is 10.8 Å². The number of phenols is 1. The van der Waals surface area contributed by atoms with Gasteiger partial charge in [0.15, 0.2) is 5.75 Å². The number of amides is 1. The van der Waals surface area contributed by atoms with E-state index in [0.717, 1.165) is 12.8 Å². The van der Waals surface area contributed by atoms with Gasteiger partial charge in [-0.3, -0.25) is 4.79 Å². The number of esters is 1. The number of anilines is 1. The van der Waals surface area contributed by atoms with Crippen molar-refractivity contribution in [3.63, 3.8) is 0 Å². The van der Waals surface area contributed by atoms with Gasteiger partial charge in [-0.05, 0) is 49.1 Å². The maximum atomic E-state index is 13.3. The van der Waals surface area contributed by atoms with Gasteiger partial charge in [-0.2, -0.15) is 0 Å². The number of benzene rings is 4. The smallest absolute Gasteiger partial charge is 0.340 e. The molecule has 8 nitrogen and oxygen atoms in total. The fourth-order valence-corrected chi connectivity index (χ4v) is 3.86. The number of unbranched alkanes of at least 4 members (excludes halogenated alkanes) is 1. The van der Waals surface area contributed by atoms with Gasteiger partial charge in [0.2, 0.25) is 0 Å². The number of phenolic OH excluding ortho intramolecular Hbond substituents is 1. The van der Waals surface area contributed by atoms with Gasteiger partial charge in [0, 0.05) is 5.39 Å². The average molecular weight is 512 g/mol. The van der Waals surface area contributed by atoms with E-state index in [-0.39, 0.29) is 28.3 Å². The molecule has 0 aliphatic heterocycles. The molecule has 2 N–H and O–H groups in total. The maximum Gasteiger partial charge on any atom is 0.340 e. The first kappa shape index (κ1) is 26.3. The molecule has 0 radical (unpaired) electrons. The van der Waals surface area contributed by atoms with Crippen LogP contribution in [0, 0.1) is 0 Å². The van der Waals surface area contributed by atoms with E-state index in [4.69, 9.17) is 9.47 Å². The molecule has 0 heterocycles. The zero-order chi connectivity index (χ0) is 26.9. The minimum absolute atomic E-state index is 0.0243. The highest BCUT2D eigenvalue weighted by atomic mass is 16.5. The van der Waals surface area contributed by atoms with Crippen molar-refractivity contribution in [2.45, 2.75) is 26.7 Å². The largest absolute Gasteiger partial charge is 0.505 e. The summed E-state index contributed by atoms with van der Waals surface area (Å²) in [4.78, 5) is 25.9. The number of carbonyl (C=O) groups excluding carboxylic acids is 2. The lowest BCUT2D eigenvalue weighted by Crippen LogP contribution is -2.13. The number of ether oxygens (including phenoxy) is 2. The van der Waals surface area contributed by atoms with Gasteiger partial charge in [-0.15, -0.1) is 10.2 Å². The minimum atomic E-state index is -0.531. The molecular formula is C30H29N3O5. The number of nitrogens with one attached hydrogen (secondary N) is 1. The van der Waals surface area contributed by atoms with Crippen LogP contribution in [-0.2, 0) is 4.74 Å². The highest BCUT2D eigenvalue weighted by molar-refractivity contribution is 6.12. The van der Waals surface area contributed by atoms with Crippen LogP contribution in [-0.4, -0.2) is 30.2 Å². The first-order valence-electron chi connectivity index (χ1n) is 12.5. The predicted octanol–water partition coefficient (Wildman–Crippen LogP) is 7.57. The third-order valence-electron chi connectivity index (χ3n) is 5.79. The Morgan fingerprint density at radius 1 is 0.895 bits per heavy atom. The molecule has 0 saturated heterocycles. The minimum Gasteiger partial charge on any atom is -0.505 e. The highest BCUT2D eigenvalue weighted by Gasteiger charge is 2.20. The molecule has 4 aromatic rings. The number of rotatable bonds is 10. The zero-order valence-electron chi connectivity index (χ0n) is 21.3. The van der Waals surface area contributed by atoms with Gasteiger partial charge in [-0.25, -0.2) is 4.79 Å². The molecule has 0 spiro atoms. The molecule has 0 unspecified atom stereocenters. The van der Waals surface area contributed by atoms with Crippen molar-refractivity contribution in [1.82, 2.24) is 0 Å². The fourth-order valence-electron chi connectivity index (χ4n) is 3.86. The second-order valence-corrected chi connectivity index (χ2v) is 8.43. The second-order valence-electron chi connectivity index (χ2n) is 8.43. The molecule has 0 aromatic heterocycles. The summed E-state index contributed by atoms with van der Waals surface area (Å²) in [5.41, 5.74) is 1.16. The summed E-state index contributed by atoms with van der Waals surface area (Å²) in [6.45, 7) is 4.62. The Balaban J connectivity index is 1.71. The van der Waals surface area contributed by atoms with Crippen molar-refractivity contribution in [3.8, 4) is 11.5 Å². The Bertz CT molecular complexity index is 1480. The molecule has 4 rings (SSSR count). The van der Waals surface area contributed by atoms with Gasteiger partial charge >= 0.3 is 5.97 Å². The molecule has 0 atom stereocenters. The van der Waals surface area contributed by atoms with Gasteiger partial charge in [-0.1, -0.05) is 61.9 Å². The van der Waals surface area contributed by atoms with Crippen LogP contribution in [0.1, 0.15) is 47.4 Å². The Morgan fingerprint density at radius 2 is 1.63 bits per heavy atom. The molecule has 0 saturated carbocycles. The summed E-state index contributed by atoms with van der Waals surface area (Å²) < 4.78 is 10.9. The lowest BCUT2D eigenvalue weighted by Gasteiger charge is -2.13. The van der Waals surface area contributed by atoms with E-state index in [0.29, 0.717) is 35.4 Å². The quantitative estimate of drug-likeness (QED) is 0.130. The van der Waals surface area contributed by atoms with E-state index in [1.165, 1.54) is 0 Å². The zero-order valence-corrected chi connectivity index (χ0v) is 21.3. The molecule has 38 heavy (non-hydrogen) atoms. The number of nitrogens with zero attached hydrogens (tertiary/aromatic N) is 2. The standard InChI is InChI=1S/C30H29N3O5/c1-3-5-18-38-30(36)22-14-8-9-15-24(22)32-33-27-21-13-7-6-12-20(21)19-23(28(27)34)29(35)31-25-16-10-11-17-26(25)37-4-2/h6-17,19,34H,3-5,18H2,1-2H3,(H,31,35). The van der Waals surface area contributed by atoms with Crippen LogP contribution in [0.2, 0.25) is 0 Å². The molecule has 8 heteroatoms. The molecule has 0 aliphatic rings. The molecule has 0 aliphatic carbocycles. The summed E-state index contributed by atoms with van der Waals surface area (Å²) in [7, 11) is 0. The van der Waals surface area contributed by atoms with Crippen molar-refractivity contribution < 1.29 is 24.2 Å². The van der Waals surface area contributed by atoms with E-state index < -0.39 is 11.9 Å². The number of azo groups is 1. The summed E-state index contributed by atoms with van der Waals surface area (Å²) in [5.74, 6) is -0.840. The van der Waals surface area contributed by atoms with Crippen LogP contribution in [0.4, 0.5) is 17.1 Å². The molecule has 4 aromatic carbocycles. The highest BCUT2D eigenvalue weighted by Crippen LogP contribution is 2.40. The number of fused-ring (bicyclic) bond motifs is 1. The van der Waals surface area contributed by atoms with E-state index in [1.54, 1.807) is 60.7 Å². The van der Waals surface area contributed by atoms with Gasteiger partial charge in [0.05, 0.1) is 30.0 Å². The molecule has 194 valence electrons. The number of para-hydroxylation sites is 2.